The summed E-state index contributed by atoms with van der Waals surface area (Å²) in [4.78, 5) is 26.5. The maximum absolute atomic E-state index is 13.7. The number of sulfonamides is 1. The molecule has 8 heteroatoms. The summed E-state index contributed by atoms with van der Waals surface area (Å²) in [6.07, 6.45) is 1.64. The summed E-state index contributed by atoms with van der Waals surface area (Å²) in [5.41, 5.74) is -0.181. The Hall–Kier alpha value is -2.97. The largest absolute Gasteiger partial charge is 0.348 e. The first kappa shape index (κ1) is 25.6. The van der Waals surface area contributed by atoms with Gasteiger partial charge in [-0.1, -0.05) is 36.9 Å². The van der Waals surface area contributed by atoms with Gasteiger partial charge in [-0.25, -0.2) is 8.42 Å². The SMILES string of the molecule is C=CC(=O)NC1CC(C)(C)N(S(=O)(=O)c2ccc(C(=O)N(C)Cc3ccccc3)cc2)C1(C)C. The molecule has 182 valence electrons. The Labute approximate surface area is 202 Å². The lowest BCUT2D eigenvalue weighted by Gasteiger charge is -2.40. The molecule has 0 radical (unpaired) electrons. The minimum atomic E-state index is -3.91. The topological polar surface area (TPSA) is 86.8 Å². The molecule has 2 aromatic rings. The van der Waals surface area contributed by atoms with Crippen LogP contribution in [0.4, 0.5) is 0 Å². The number of rotatable bonds is 7. The third-order valence-electron chi connectivity index (χ3n) is 6.38. The first-order chi connectivity index (χ1) is 15.8. The zero-order valence-corrected chi connectivity index (χ0v) is 21.2. The fourth-order valence-electron chi connectivity index (χ4n) is 4.87. The molecule has 1 fully saturated rings. The predicted octanol–water partition coefficient (Wildman–Crippen LogP) is 3.58. The number of nitrogens with one attached hydrogen (secondary N) is 1. The normalized spacial score (nSPS) is 19.4. The van der Waals surface area contributed by atoms with Gasteiger partial charge in [0.2, 0.25) is 15.9 Å². The monoisotopic (exact) mass is 483 g/mol. The van der Waals surface area contributed by atoms with E-state index in [-0.39, 0.29) is 22.8 Å². The second-order valence-corrected chi connectivity index (χ2v) is 11.7. The molecule has 34 heavy (non-hydrogen) atoms. The molecule has 7 nitrogen and oxygen atoms in total. The van der Waals surface area contributed by atoms with Crippen molar-refractivity contribution >= 4 is 21.8 Å². The van der Waals surface area contributed by atoms with Crippen molar-refractivity contribution in [3.8, 4) is 0 Å². The van der Waals surface area contributed by atoms with Gasteiger partial charge in [0.05, 0.1) is 10.4 Å². The van der Waals surface area contributed by atoms with Gasteiger partial charge >= 0.3 is 0 Å². The fourth-order valence-corrected chi connectivity index (χ4v) is 7.03. The highest BCUT2D eigenvalue weighted by Crippen LogP contribution is 2.44. The van der Waals surface area contributed by atoms with Crippen molar-refractivity contribution in [2.24, 2.45) is 0 Å². The molecule has 2 amide bonds. The van der Waals surface area contributed by atoms with Gasteiger partial charge in [-0.3, -0.25) is 9.59 Å². The smallest absolute Gasteiger partial charge is 0.253 e. The van der Waals surface area contributed by atoms with Crippen LogP contribution in [0.1, 0.15) is 50.0 Å². The van der Waals surface area contributed by atoms with E-state index in [1.165, 1.54) is 22.5 Å². The Balaban J connectivity index is 1.84. The van der Waals surface area contributed by atoms with Crippen LogP contribution in [0.25, 0.3) is 0 Å². The summed E-state index contributed by atoms with van der Waals surface area (Å²) in [5, 5.41) is 2.87. The van der Waals surface area contributed by atoms with Crippen LogP contribution in [0.15, 0.2) is 72.1 Å². The molecule has 2 aromatic carbocycles. The van der Waals surface area contributed by atoms with Crippen LogP contribution in [0.5, 0.6) is 0 Å². The molecule has 0 aromatic heterocycles. The van der Waals surface area contributed by atoms with E-state index in [1.807, 2.05) is 58.0 Å². The number of benzene rings is 2. The highest BCUT2D eigenvalue weighted by molar-refractivity contribution is 7.89. The van der Waals surface area contributed by atoms with Crippen molar-refractivity contribution < 1.29 is 18.0 Å². The molecule has 1 saturated heterocycles. The van der Waals surface area contributed by atoms with Crippen LogP contribution in [0.3, 0.4) is 0 Å². The molecule has 1 aliphatic rings. The van der Waals surface area contributed by atoms with Crippen LogP contribution >= 0.6 is 0 Å². The zero-order chi connectivity index (χ0) is 25.3. The van der Waals surface area contributed by atoms with Crippen LogP contribution in [0, 0.1) is 0 Å². The van der Waals surface area contributed by atoms with E-state index in [4.69, 9.17) is 0 Å². The first-order valence-corrected chi connectivity index (χ1v) is 12.6. The number of carbonyl (C=O) groups is 2. The number of hydrogen-bond acceptors (Lipinski definition) is 4. The Morgan fingerprint density at radius 2 is 1.68 bits per heavy atom. The maximum atomic E-state index is 13.7. The van der Waals surface area contributed by atoms with E-state index >= 15 is 0 Å². The summed E-state index contributed by atoms with van der Waals surface area (Å²) >= 11 is 0. The van der Waals surface area contributed by atoms with Crippen molar-refractivity contribution in [3.63, 3.8) is 0 Å². The summed E-state index contributed by atoms with van der Waals surface area (Å²) in [7, 11) is -2.19. The fraction of sp³-hybridized carbons (Fsp3) is 0.385. The van der Waals surface area contributed by atoms with E-state index < -0.39 is 21.1 Å². The van der Waals surface area contributed by atoms with Crippen LogP contribution in [0.2, 0.25) is 0 Å². The van der Waals surface area contributed by atoms with Crippen molar-refractivity contribution in [1.29, 1.82) is 0 Å². The van der Waals surface area contributed by atoms with Gasteiger partial charge in [-0.15, -0.1) is 0 Å². The summed E-state index contributed by atoms with van der Waals surface area (Å²) < 4.78 is 28.9. The second-order valence-electron chi connectivity index (χ2n) is 9.88. The maximum Gasteiger partial charge on any atom is 0.253 e. The average Bonchev–Trinajstić information content (AvgIpc) is 2.96. The van der Waals surface area contributed by atoms with E-state index in [0.29, 0.717) is 18.5 Å². The summed E-state index contributed by atoms with van der Waals surface area (Å²) in [6, 6.07) is 15.3. The van der Waals surface area contributed by atoms with Gasteiger partial charge in [-0.05, 0) is 70.0 Å². The molecular formula is C26H33N3O4S. The minimum Gasteiger partial charge on any atom is -0.348 e. The zero-order valence-electron chi connectivity index (χ0n) is 20.4. The highest BCUT2D eigenvalue weighted by Gasteiger charge is 2.57. The first-order valence-electron chi connectivity index (χ1n) is 11.2. The van der Waals surface area contributed by atoms with Crippen LogP contribution in [-0.2, 0) is 21.4 Å². The molecule has 3 rings (SSSR count). The molecule has 0 saturated carbocycles. The lowest BCUT2D eigenvalue weighted by atomic mass is 9.94. The second kappa shape index (κ2) is 9.35. The molecule has 0 bridgehead atoms. The average molecular weight is 484 g/mol. The van der Waals surface area contributed by atoms with Gasteiger partial charge < -0.3 is 10.2 Å². The third-order valence-corrected chi connectivity index (χ3v) is 8.69. The number of carbonyl (C=O) groups excluding carboxylic acids is 2. The number of hydrogen-bond donors (Lipinski definition) is 1. The molecular weight excluding hydrogens is 450 g/mol. The molecule has 1 atom stereocenters. The molecule has 0 aliphatic carbocycles. The number of nitrogens with zero attached hydrogens (tertiary/aromatic N) is 2. The van der Waals surface area contributed by atoms with E-state index in [1.54, 1.807) is 24.1 Å². The van der Waals surface area contributed by atoms with Gasteiger partial charge in [0.15, 0.2) is 0 Å². The van der Waals surface area contributed by atoms with E-state index in [2.05, 4.69) is 11.9 Å². The lowest BCUT2D eigenvalue weighted by molar-refractivity contribution is -0.117. The molecule has 1 N–H and O–H groups in total. The van der Waals surface area contributed by atoms with Crippen molar-refractivity contribution in [3.05, 3.63) is 78.4 Å². The van der Waals surface area contributed by atoms with Gasteiger partial charge in [0.25, 0.3) is 5.91 Å². The summed E-state index contributed by atoms with van der Waals surface area (Å²) in [6.45, 7) is 11.3. The van der Waals surface area contributed by atoms with E-state index in [9.17, 15) is 18.0 Å². The highest BCUT2D eigenvalue weighted by atomic mass is 32.2. The van der Waals surface area contributed by atoms with Gasteiger partial charge in [-0.2, -0.15) is 4.31 Å². The van der Waals surface area contributed by atoms with Crippen molar-refractivity contribution in [2.45, 2.75) is 62.7 Å². The minimum absolute atomic E-state index is 0.103. The molecule has 0 spiro atoms. The predicted molar refractivity (Wildman–Crippen MR) is 133 cm³/mol. The van der Waals surface area contributed by atoms with Crippen LogP contribution in [-0.4, -0.2) is 53.6 Å². The summed E-state index contributed by atoms with van der Waals surface area (Å²) in [5.74, 6) is -0.530. The van der Waals surface area contributed by atoms with Crippen LogP contribution < -0.4 is 5.32 Å². The molecule has 1 aliphatic heterocycles. The Kier molecular flexibility index (Phi) is 7.05. The Bertz CT molecular complexity index is 1170. The quantitative estimate of drug-likeness (QED) is 0.610. The lowest BCUT2D eigenvalue weighted by Crippen LogP contribution is -2.56. The Morgan fingerprint density at radius 1 is 1.09 bits per heavy atom. The van der Waals surface area contributed by atoms with E-state index in [0.717, 1.165) is 5.56 Å². The molecule has 1 unspecified atom stereocenters. The third kappa shape index (κ3) is 4.93. The van der Waals surface area contributed by atoms with Gasteiger partial charge in [0, 0.05) is 30.7 Å². The van der Waals surface area contributed by atoms with Crippen molar-refractivity contribution in [2.75, 3.05) is 7.05 Å². The van der Waals surface area contributed by atoms with Gasteiger partial charge in [0.1, 0.15) is 0 Å². The standard InChI is InChI=1S/C26H33N3O4S/c1-7-23(30)27-22-17-25(2,3)29(26(22,4)5)34(32,33)21-15-13-20(14-16-21)24(31)28(6)18-19-11-9-8-10-12-19/h7-16,22H,1,17-18H2,2-6H3,(H,27,30). The molecule has 1 heterocycles. The van der Waals surface area contributed by atoms with Crippen molar-refractivity contribution in [1.82, 2.24) is 14.5 Å². The Morgan fingerprint density at radius 3 is 2.24 bits per heavy atom. The number of amides is 2.